The van der Waals surface area contributed by atoms with Gasteiger partial charge in [-0.15, -0.1) is 0 Å². The average molecular weight is 244 g/mol. The minimum Gasteiger partial charge on any atom is -0.302 e. The first-order chi connectivity index (χ1) is 7.72. The quantitative estimate of drug-likeness (QED) is 0.678. The summed E-state index contributed by atoms with van der Waals surface area (Å²) in [5.41, 5.74) is 0. The molecule has 0 radical (unpaired) electrons. The van der Waals surface area contributed by atoms with Crippen LogP contribution in [0.5, 0.6) is 0 Å². The number of hydrogen-bond donors (Lipinski definition) is 0. The van der Waals surface area contributed by atoms with E-state index in [1.165, 1.54) is 31.5 Å². The van der Waals surface area contributed by atoms with Crippen LogP contribution in [0.3, 0.4) is 0 Å². The molecule has 0 N–H and O–H groups in total. The fraction of sp³-hybridized carbons (Fsp3) is 0.833. The Morgan fingerprint density at radius 2 is 1.31 bits per heavy atom. The van der Waals surface area contributed by atoms with Crippen molar-refractivity contribution in [3.63, 3.8) is 0 Å². The SMILES string of the molecule is C=CP(=O)(OC1CCCC1)OC1CCCC1. The van der Waals surface area contributed by atoms with Crippen LogP contribution < -0.4 is 0 Å². The lowest BCUT2D eigenvalue weighted by molar-refractivity contribution is 0.124. The average Bonchev–Trinajstić information content (AvgIpc) is 2.91. The molecule has 0 aromatic heterocycles. The second-order valence-corrected chi connectivity index (χ2v) is 6.61. The summed E-state index contributed by atoms with van der Waals surface area (Å²) >= 11 is 0. The van der Waals surface area contributed by atoms with Crippen molar-refractivity contribution in [2.45, 2.75) is 63.6 Å². The Morgan fingerprint density at radius 3 is 1.62 bits per heavy atom. The monoisotopic (exact) mass is 244 g/mol. The molecule has 0 aromatic rings. The Balaban J connectivity index is 1.89. The molecule has 2 aliphatic carbocycles. The van der Waals surface area contributed by atoms with E-state index in [1.54, 1.807) is 0 Å². The van der Waals surface area contributed by atoms with Gasteiger partial charge in [0.2, 0.25) is 0 Å². The van der Waals surface area contributed by atoms with Gasteiger partial charge in [0.05, 0.1) is 12.2 Å². The molecule has 0 saturated heterocycles. The molecule has 0 heterocycles. The second-order valence-electron chi connectivity index (χ2n) is 4.75. The van der Waals surface area contributed by atoms with Gasteiger partial charge in [0.15, 0.2) is 0 Å². The van der Waals surface area contributed by atoms with Crippen LogP contribution >= 0.6 is 7.60 Å². The van der Waals surface area contributed by atoms with Gasteiger partial charge in [0.25, 0.3) is 0 Å². The van der Waals surface area contributed by atoms with E-state index in [0.717, 1.165) is 25.7 Å². The van der Waals surface area contributed by atoms with Gasteiger partial charge in [-0.3, -0.25) is 4.57 Å². The van der Waals surface area contributed by atoms with E-state index in [1.807, 2.05) is 0 Å². The first-order valence-corrected chi connectivity index (χ1v) is 7.93. The fourth-order valence-corrected chi connectivity index (χ4v) is 3.99. The zero-order valence-corrected chi connectivity index (χ0v) is 10.7. The van der Waals surface area contributed by atoms with Crippen molar-refractivity contribution >= 4 is 7.60 Å². The predicted octanol–water partition coefficient (Wildman–Crippen LogP) is 4.24. The molecule has 0 spiro atoms. The highest BCUT2D eigenvalue weighted by Crippen LogP contribution is 2.54. The van der Waals surface area contributed by atoms with E-state index in [9.17, 15) is 4.57 Å². The first kappa shape index (κ1) is 12.3. The Labute approximate surface area is 97.7 Å². The van der Waals surface area contributed by atoms with E-state index in [4.69, 9.17) is 9.05 Å². The van der Waals surface area contributed by atoms with Crippen LogP contribution in [-0.4, -0.2) is 12.2 Å². The molecule has 0 amide bonds. The molecule has 2 aliphatic rings. The van der Waals surface area contributed by atoms with Gasteiger partial charge in [-0.05, 0) is 25.7 Å². The smallest absolute Gasteiger partial charge is 0.302 e. The van der Waals surface area contributed by atoms with Crippen molar-refractivity contribution in [1.82, 2.24) is 0 Å². The van der Waals surface area contributed by atoms with E-state index in [2.05, 4.69) is 6.58 Å². The molecule has 16 heavy (non-hydrogen) atoms. The lowest BCUT2D eigenvalue weighted by Gasteiger charge is -2.22. The van der Waals surface area contributed by atoms with Gasteiger partial charge < -0.3 is 9.05 Å². The molecule has 2 rings (SSSR count). The molecule has 0 atom stereocenters. The molecule has 0 aliphatic heterocycles. The molecular weight excluding hydrogens is 223 g/mol. The summed E-state index contributed by atoms with van der Waals surface area (Å²) in [4.78, 5) is 0. The van der Waals surface area contributed by atoms with Crippen molar-refractivity contribution in [3.05, 3.63) is 12.4 Å². The van der Waals surface area contributed by atoms with Gasteiger partial charge in [-0.25, -0.2) is 0 Å². The Hall–Kier alpha value is -0.110. The van der Waals surface area contributed by atoms with Gasteiger partial charge in [0.1, 0.15) is 0 Å². The van der Waals surface area contributed by atoms with Gasteiger partial charge in [-0.2, -0.15) is 0 Å². The standard InChI is InChI=1S/C12H21O3P/c1-2-16(13,14-11-7-3-4-8-11)15-12-9-5-6-10-12/h2,11-12H,1,3-10H2. The Morgan fingerprint density at radius 1 is 0.938 bits per heavy atom. The van der Waals surface area contributed by atoms with E-state index < -0.39 is 7.60 Å². The normalized spacial score (nSPS) is 24.0. The molecule has 3 nitrogen and oxygen atoms in total. The summed E-state index contributed by atoms with van der Waals surface area (Å²) < 4.78 is 23.6. The lowest BCUT2D eigenvalue weighted by atomic mass is 10.3. The minimum absolute atomic E-state index is 0.116. The summed E-state index contributed by atoms with van der Waals surface area (Å²) in [6.45, 7) is 3.60. The summed E-state index contributed by atoms with van der Waals surface area (Å²) in [6.07, 6.45) is 8.94. The molecule has 0 unspecified atom stereocenters. The highest BCUT2D eigenvalue weighted by atomic mass is 31.2. The Kier molecular flexibility index (Phi) is 4.23. The zero-order chi connectivity index (χ0) is 11.4. The summed E-state index contributed by atoms with van der Waals surface area (Å²) in [5.74, 6) is 1.38. The van der Waals surface area contributed by atoms with Gasteiger partial charge in [-0.1, -0.05) is 32.3 Å². The third-order valence-electron chi connectivity index (χ3n) is 3.42. The van der Waals surface area contributed by atoms with Crippen molar-refractivity contribution in [2.24, 2.45) is 0 Å². The summed E-state index contributed by atoms with van der Waals surface area (Å²) in [6, 6.07) is 0. The van der Waals surface area contributed by atoms with Crippen molar-refractivity contribution in [2.75, 3.05) is 0 Å². The molecular formula is C12H21O3P. The number of hydrogen-bond acceptors (Lipinski definition) is 3. The lowest BCUT2D eigenvalue weighted by Crippen LogP contribution is -2.11. The predicted molar refractivity (Wildman–Crippen MR) is 64.5 cm³/mol. The zero-order valence-electron chi connectivity index (χ0n) is 9.77. The van der Waals surface area contributed by atoms with Crippen LogP contribution in [0.2, 0.25) is 0 Å². The van der Waals surface area contributed by atoms with Crippen LogP contribution in [0.1, 0.15) is 51.4 Å². The van der Waals surface area contributed by atoms with Crippen LogP contribution in [0, 0.1) is 0 Å². The second kappa shape index (κ2) is 5.48. The maximum absolute atomic E-state index is 12.3. The highest BCUT2D eigenvalue weighted by molar-refractivity contribution is 7.57. The summed E-state index contributed by atoms with van der Waals surface area (Å²) in [7, 11) is -3.03. The first-order valence-electron chi connectivity index (χ1n) is 6.32. The van der Waals surface area contributed by atoms with E-state index in [0.29, 0.717) is 0 Å². The van der Waals surface area contributed by atoms with Gasteiger partial charge >= 0.3 is 7.60 Å². The highest BCUT2D eigenvalue weighted by Gasteiger charge is 2.31. The van der Waals surface area contributed by atoms with Crippen molar-refractivity contribution in [3.8, 4) is 0 Å². The van der Waals surface area contributed by atoms with Crippen LogP contribution in [0.4, 0.5) is 0 Å². The maximum atomic E-state index is 12.3. The van der Waals surface area contributed by atoms with Crippen LogP contribution in [-0.2, 0) is 13.6 Å². The summed E-state index contributed by atoms with van der Waals surface area (Å²) in [5, 5.41) is 0. The van der Waals surface area contributed by atoms with Crippen LogP contribution in [0.25, 0.3) is 0 Å². The topological polar surface area (TPSA) is 35.5 Å². The van der Waals surface area contributed by atoms with Crippen molar-refractivity contribution < 1.29 is 13.6 Å². The maximum Gasteiger partial charge on any atom is 0.354 e. The molecule has 0 bridgehead atoms. The third-order valence-corrected chi connectivity index (χ3v) is 5.05. The minimum atomic E-state index is -3.03. The molecule has 2 saturated carbocycles. The molecule has 92 valence electrons. The molecule has 4 heteroatoms. The Bertz CT molecular complexity index is 256. The van der Waals surface area contributed by atoms with Crippen molar-refractivity contribution in [1.29, 1.82) is 0 Å². The van der Waals surface area contributed by atoms with Crippen LogP contribution in [0.15, 0.2) is 12.4 Å². The molecule has 0 aromatic carbocycles. The van der Waals surface area contributed by atoms with E-state index >= 15 is 0 Å². The molecule has 2 fully saturated rings. The van der Waals surface area contributed by atoms with Gasteiger partial charge in [0, 0.05) is 5.82 Å². The van der Waals surface area contributed by atoms with E-state index in [-0.39, 0.29) is 12.2 Å². The number of rotatable bonds is 5. The fourth-order valence-electron chi connectivity index (χ4n) is 2.51. The third kappa shape index (κ3) is 3.19. The largest absolute Gasteiger partial charge is 0.354 e.